The molecule has 19 heavy (non-hydrogen) atoms. The van der Waals surface area contributed by atoms with Crippen molar-refractivity contribution in [3.8, 4) is 0 Å². The van der Waals surface area contributed by atoms with E-state index in [2.05, 4.69) is 22.0 Å². The Labute approximate surface area is 123 Å². The average Bonchev–Trinajstić information content (AvgIpc) is 2.35. The van der Waals surface area contributed by atoms with Crippen LogP contribution >= 0.6 is 15.9 Å². The molecule has 3 nitrogen and oxygen atoms in total. The summed E-state index contributed by atoms with van der Waals surface area (Å²) in [5.41, 5.74) is 1.73. The highest BCUT2D eigenvalue weighted by molar-refractivity contribution is 9.09. The first-order valence-electron chi connectivity index (χ1n) is 6.55. The number of amides is 1. The van der Waals surface area contributed by atoms with Crippen LogP contribution < -0.4 is 4.90 Å². The Hall–Kier alpha value is -1.03. The van der Waals surface area contributed by atoms with Crippen LogP contribution in [0.15, 0.2) is 24.3 Å². The minimum atomic E-state index is -0.465. The van der Waals surface area contributed by atoms with Crippen LogP contribution in [0.5, 0.6) is 0 Å². The normalized spacial score (nSPS) is 18.9. The molecule has 1 aliphatic heterocycles. The van der Waals surface area contributed by atoms with Crippen LogP contribution in [0.25, 0.3) is 0 Å². The number of ether oxygens (including phenoxy) is 1. The Kier molecular flexibility index (Phi) is 4.19. The van der Waals surface area contributed by atoms with E-state index in [9.17, 15) is 4.79 Å². The lowest BCUT2D eigenvalue weighted by atomic mass is 9.94. The zero-order valence-electron chi connectivity index (χ0n) is 11.6. The van der Waals surface area contributed by atoms with Gasteiger partial charge in [-0.15, -0.1) is 0 Å². The van der Waals surface area contributed by atoms with Crippen molar-refractivity contribution in [3.05, 3.63) is 29.8 Å². The maximum absolute atomic E-state index is 12.3. The molecule has 104 valence electrons. The van der Waals surface area contributed by atoms with Crippen LogP contribution in [0.2, 0.25) is 0 Å². The first-order valence-corrected chi connectivity index (χ1v) is 7.67. The second-order valence-electron chi connectivity index (χ2n) is 5.94. The van der Waals surface area contributed by atoms with Crippen molar-refractivity contribution in [2.45, 2.75) is 32.8 Å². The highest BCUT2D eigenvalue weighted by Gasteiger charge is 2.30. The van der Waals surface area contributed by atoms with Gasteiger partial charge in [-0.1, -0.05) is 34.1 Å². The lowest BCUT2D eigenvalue weighted by Crippen LogP contribution is -2.43. The maximum atomic E-state index is 12.3. The second-order valence-corrected chi connectivity index (χ2v) is 6.59. The fraction of sp³-hybridized carbons (Fsp3) is 0.533. The molecule has 0 radical (unpaired) electrons. The van der Waals surface area contributed by atoms with Gasteiger partial charge in [-0.3, -0.25) is 4.90 Å². The molecule has 0 saturated carbocycles. The summed E-state index contributed by atoms with van der Waals surface area (Å²) in [5.74, 6) is 0.433. The fourth-order valence-corrected chi connectivity index (χ4v) is 2.71. The zero-order chi connectivity index (χ0) is 14.0. The van der Waals surface area contributed by atoms with E-state index in [0.29, 0.717) is 12.5 Å². The van der Waals surface area contributed by atoms with Gasteiger partial charge < -0.3 is 4.74 Å². The molecule has 0 saturated heterocycles. The predicted octanol–water partition coefficient (Wildman–Crippen LogP) is 4.00. The lowest BCUT2D eigenvalue weighted by Gasteiger charge is -2.35. The Morgan fingerprint density at radius 2 is 2.11 bits per heavy atom. The number of hydrogen-bond acceptors (Lipinski definition) is 2. The number of benzene rings is 1. The van der Waals surface area contributed by atoms with E-state index in [-0.39, 0.29) is 6.09 Å². The molecule has 1 amide bonds. The molecule has 1 heterocycles. The minimum Gasteiger partial charge on any atom is -0.443 e. The molecule has 0 N–H and O–H groups in total. The molecule has 1 aromatic rings. The van der Waals surface area contributed by atoms with E-state index in [1.807, 2.05) is 39.0 Å². The van der Waals surface area contributed by atoms with E-state index < -0.39 is 5.60 Å². The number of carbonyl (C=O) groups excluding carboxylic acids is 1. The fourth-order valence-electron chi connectivity index (χ4n) is 2.27. The van der Waals surface area contributed by atoms with Gasteiger partial charge in [0.1, 0.15) is 5.60 Å². The van der Waals surface area contributed by atoms with E-state index in [0.717, 1.165) is 17.4 Å². The zero-order valence-corrected chi connectivity index (χ0v) is 13.2. The van der Waals surface area contributed by atoms with Gasteiger partial charge >= 0.3 is 6.09 Å². The largest absolute Gasteiger partial charge is 0.443 e. The van der Waals surface area contributed by atoms with Gasteiger partial charge in [0.25, 0.3) is 0 Å². The molecule has 2 rings (SSSR count). The van der Waals surface area contributed by atoms with E-state index in [1.165, 1.54) is 5.56 Å². The Morgan fingerprint density at radius 1 is 1.42 bits per heavy atom. The number of para-hydroxylation sites is 1. The molecule has 0 aromatic heterocycles. The van der Waals surface area contributed by atoms with Crippen molar-refractivity contribution in [2.24, 2.45) is 5.92 Å². The monoisotopic (exact) mass is 325 g/mol. The summed E-state index contributed by atoms with van der Waals surface area (Å²) < 4.78 is 5.50. The van der Waals surface area contributed by atoms with Crippen LogP contribution in [0.4, 0.5) is 10.5 Å². The van der Waals surface area contributed by atoms with Crippen LogP contribution in [0.1, 0.15) is 26.3 Å². The molecule has 0 fully saturated rings. The number of anilines is 1. The summed E-state index contributed by atoms with van der Waals surface area (Å²) in [6, 6.07) is 8.05. The van der Waals surface area contributed by atoms with Gasteiger partial charge in [-0.05, 0) is 44.7 Å². The minimum absolute atomic E-state index is 0.259. The summed E-state index contributed by atoms with van der Waals surface area (Å²) in [6.45, 7) is 6.38. The number of alkyl halides is 1. The SMILES string of the molecule is CC(C)(C)OC(=O)N1CC(CBr)Cc2ccccc21. The first-order chi connectivity index (χ1) is 8.90. The summed E-state index contributed by atoms with van der Waals surface area (Å²) >= 11 is 3.52. The third-order valence-electron chi connectivity index (χ3n) is 3.06. The molecule has 1 aromatic carbocycles. The number of rotatable bonds is 1. The summed E-state index contributed by atoms with van der Waals surface area (Å²) in [7, 11) is 0. The van der Waals surface area contributed by atoms with Gasteiger partial charge in [0.2, 0.25) is 0 Å². The van der Waals surface area contributed by atoms with E-state index in [1.54, 1.807) is 4.90 Å². The van der Waals surface area contributed by atoms with Crippen molar-refractivity contribution >= 4 is 27.7 Å². The topological polar surface area (TPSA) is 29.5 Å². The van der Waals surface area contributed by atoms with Crippen LogP contribution in [-0.2, 0) is 11.2 Å². The molecule has 0 aliphatic carbocycles. The van der Waals surface area contributed by atoms with Gasteiger partial charge in [0.15, 0.2) is 0 Å². The predicted molar refractivity (Wildman–Crippen MR) is 81.0 cm³/mol. The van der Waals surface area contributed by atoms with Crippen molar-refractivity contribution in [1.82, 2.24) is 0 Å². The molecule has 4 heteroatoms. The van der Waals surface area contributed by atoms with Gasteiger partial charge in [-0.2, -0.15) is 0 Å². The van der Waals surface area contributed by atoms with Crippen molar-refractivity contribution in [1.29, 1.82) is 0 Å². The highest BCUT2D eigenvalue weighted by atomic mass is 79.9. The second kappa shape index (κ2) is 5.53. The molecule has 1 atom stereocenters. The smallest absolute Gasteiger partial charge is 0.414 e. The Bertz CT molecular complexity index is 467. The maximum Gasteiger partial charge on any atom is 0.414 e. The highest BCUT2D eigenvalue weighted by Crippen LogP contribution is 2.31. The molecular formula is C15H20BrNO2. The Balaban J connectivity index is 2.27. The third-order valence-corrected chi connectivity index (χ3v) is 3.98. The molecular weight excluding hydrogens is 306 g/mol. The van der Waals surface area contributed by atoms with Crippen molar-refractivity contribution in [3.63, 3.8) is 0 Å². The number of halogens is 1. The van der Waals surface area contributed by atoms with Crippen LogP contribution in [0, 0.1) is 5.92 Å². The average molecular weight is 326 g/mol. The summed E-state index contributed by atoms with van der Waals surface area (Å²) in [6.07, 6.45) is 0.742. The van der Waals surface area contributed by atoms with Gasteiger partial charge in [0.05, 0.1) is 5.69 Å². The molecule has 0 bridgehead atoms. The standard InChI is InChI=1S/C15H20BrNO2/c1-15(2,3)19-14(18)17-10-11(9-16)8-12-6-4-5-7-13(12)17/h4-7,11H,8-10H2,1-3H3. The van der Waals surface area contributed by atoms with Crippen LogP contribution in [0.3, 0.4) is 0 Å². The van der Waals surface area contributed by atoms with Crippen LogP contribution in [-0.4, -0.2) is 23.6 Å². The molecule has 1 unspecified atom stereocenters. The Morgan fingerprint density at radius 3 is 2.74 bits per heavy atom. The van der Waals surface area contributed by atoms with Gasteiger partial charge in [-0.25, -0.2) is 4.79 Å². The summed E-state index contributed by atoms with van der Waals surface area (Å²) in [5, 5.41) is 0.890. The third kappa shape index (κ3) is 3.50. The lowest BCUT2D eigenvalue weighted by molar-refractivity contribution is 0.0572. The molecule has 1 aliphatic rings. The summed E-state index contributed by atoms with van der Waals surface area (Å²) in [4.78, 5) is 14.1. The molecule has 0 spiro atoms. The van der Waals surface area contributed by atoms with Crippen molar-refractivity contribution in [2.75, 3.05) is 16.8 Å². The number of hydrogen-bond donors (Lipinski definition) is 0. The number of nitrogens with zero attached hydrogens (tertiary/aromatic N) is 1. The van der Waals surface area contributed by atoms with Crippen molar-refractivity contribution < 1.29 is 9.53 Å². The first kappa shape index (κ1) is 14.4. The quantitative estimate of drug-likeness (QED) is 0.730. The number of carbonyl (C=O) groups is 1. The number of fused-ring (bicyclic) bond motifs is 1. The van der Waals surface area contributed by atoms with Gasteiger partial charge in [0, 0.05) is 11.9 Å². The van der Waals surface area contributed by atoms with E-state index >= 15 is 0 Å². The van der Waals surface area contributed by atoms with E-state index in [4.69, 9.17) is 4.74 Å².